The SMILES string of the molecule is COc1cc(CNc2ncnc3c2ncn3[C@H]2CN(Cc3ccccc3)C[C@@H](COC(C)=O)O2)cc(OC)c1OC. The molecule has 0 unspecified atom stereocenters. The summed E-state index contributed by atoms with van der Waals surface area (Å²) in [5, 5.41) is 3.36. The van der Waals surface area contributed by atoms with Crippen LogP contribution in [0.15, 0.2) is 55.1 Å². The fourth-order valence-electron chi connectivity index (χ4n) is 4.93. The summed E-state index contributed by atoms with van der Waals surface area (Å²) < 4.78 is 30.0. The topological polar surface area (TPSA) is 122 Å². The highest BCUT2D eigenvalue weighted by Crippen LogP contribution is 2.38. The van der Waals surface area contributed by atoms with E-state index in [0.717, 1.165) is 12.1 Å². The van der Waals surface area contributed by atoms with Gasteiger partial charge < -0.3 is 29.0 Å². The number of ether oxygens (including phenoxy) is 5. The lowest BCUT2D eigenvalue weighted by atomic mass is 10.1. The summed E-state index contributed by atoms with van der Waals surface area (Å²) >= 11 is 0. The Morgan fingerprint density at radius 1 is 1.00 bits per heavy atom. The van der Waals surface area contributed by atoms with Crippen LogP contribution in [0.1, 0.15) is 24.3 Å². The van der Waals surface area contributed by atoms with Crippen molar-refractivity contribution in [2.75, 3.05) is 46.3 Å². The standard InChI is InChI=1S/C29H34N6O6/c1-19(36)40-16-22-14-34(13-20-8-6-5-7-9-20)15-25(41-22)35-18-33-26-28(31-17-32-29(26)35)30-12-21-10-23(37-2)27(39-4)24(11-21)38-3/h5-11,17-18,22,25H,12-16H2,1-4H3,(H,30,31,32)/t22-,25+/m0/s1. The molecule has 0 spiro atoms. The molecule has 2 atom stereocenters. The second-order valence-electron chi connectivity index (χ2n) is 9.63. The van der Waals surface area contributed by atoms with Crippen LogP contribution in [0.25, 0.3) is 11.2 Å². The number of hydrogen-bond donors (Lipinski definition) is 1. The Bertz CT molecular complexity index is 1450. The second kappa shape index (κ2) is 12.8. The van der Waals surface area contributed by atoms with E-state index >= 15 is 0 Å². The summed E-state index contributed by atoms with van der Waals surface area (Å²) in [4.78, 5) is 27.4. The van der Waals surface area contributed by atoms with Gasteiger partial charge in [-0.05, 0) is 23.3 Å². The molecule has 0 amide bonds. The monoisotopic (exact) mass is 562 g/mol. The molecule has 0 radical (unpaired) electrons. The van der Waals surface area contributed by atoms with E-state index in [9.17, 15) is 4.79 Å². The van der Waals surface area contributed by atoms with Crippen LogP contribution in [-0.2, 0) is 27.4 Å². The zero-order chi connectivity index (χ0) is 28.8. The number of rotatable bonds is 11. The van der Waals surface area contributed by atoms with Crippen molar-refractivity contribution in [1.29, 1.82) is 0 Å². The van der Waals surface area contributed by atoms with E-state index in [4.69, 9.17) is 23.7 Å². The number of aromatic nitrogens is 4. The molecule has 12 nitrogen and oxygen atoms in total. The highest BCUT2D eigenvalue weighted by Gasteiger charge is 2.31. The third-order valence-electron chi connectivity index (χ3n) is 6.80. The molecule has 1 aliphatic heterocycles. The van der Waals surface area contributed by atoms with Gasteiger partial charge in [0.25, 0.3) is 0 Å². The first-order valence-electron chi connectivity index (χ1n) is 13.2. The Kier molecular flexibility index (Phi) is 8.80. The number of anilines is 1. The van der Waals surface area contributed by atoms with Crippen molar-refractivity contribution >= 4 is 23.0 Å². The highest BCUT2D eigenvalue weighted by atomic mass is 16.6. The maximum absolute atomic E-state index is 11.5. The first-order chi connectivity index (χ1) is 20.0. The Morgan fingerprint density at radius 3 is 2.44 bits per heavy atom. The molecule has 0 bridgehead atoms. The van der Waals surface area contributed by atoms with E-state index in [-0.39, 0.29) is 18.7 Å². The van der Waals surface area contributed by atoms with Crippen molar-refractivity contribution < 1.29 is 28.5 Å². The lowest BCUT2D eigenvalue weighted by molar-refractivity contribution is -0.162. The number of esters is 1. The number of imidazole rings is 1. The van der Waals surface area contributed by atoms with Crippen LogP contribution in [0.2, 0.25) is 0 Å². The molecule has 1 fully saturated rings. The average Bonchev–Trinajstić information content (AvgIpc) is 3.44. The molecule has 2 aromatic carbocycles. The maximum Gasteiger partial charge on any atom is 0.302 e. The predicted molar refractivity (Wildman–Crippen MR) is 151 cm³/mol. The molecule has 41 heavy (non-hydrogen) atoms. The van der Waals surface area contributed by atoms with Gasteiger partial charge in [-0.1, -0.05) is 30.3 Å². The fraction of sp³-hybridized carbons (Fsp3) is 0.379. The van der Waals surface area contributed by atoms with Gasteiger partial charge in [-0.2, -0.15) is 0 Å². The van der Waals surface area contributed by atoms with Crippen LogP contribution >= 0.6 is 0 Å². The summed E-state index contributed by atoms with van der Waals surface area (Å²) in [5.41, 5.74) is 3.34. The number of morpholine rings is 1. The van der Waals surface area contributed by atoms with Gasteiger partial charge in [0.2, 0.25) is 5.75 Å². The van der Waals surface area contributed by atoms with Crippen LogP contribution in [0, 0.1) is 0 Å². The van der Waals surface area contributed by atoms with Crippen molar-refractivity contribution in [3.05, 3.63) is 66.2 Å². The molecule has 1 N–H and O–H groups in total. The van der Waals surface area contributed by atoms with Gasteiger partial charge in [0.05, 0.1) is 27.7 Å². The van der Waals surface area contributed by atoms with Crippen LogP contribution in [-0.4, -0.2) is 77.5 Å². The largest absolute Gasteiger partial charge is 0.493 e. The van der Waals surface area contributed by atoms with Gasteiger partial charge in [0, 0.05) is 33.1 Å². The molecule has 0 aliphatic carbocycles. The summed E-state index contributed by atoms with van der Waals surface area (Å²) in [6.07, 6.45) is 2.51. The van der Waals surface area contributed by atoms with Crippen molar-refractivity contribution in [2.24, 2.45) is 0 Å². The number of carbonyl (C=O) groups is 1. The number of benzene rings is 2. The Balaban J connectivity index is 1.37. The highest BCUT2D eigenvalue weighted by molar-refractivity contribution is 5.82. The molecule has 216 valence electrons. The van der Waals surface area contributed by atoms with E-state index in [0.29, 0.717) is 53.9 Å². The van der Waals surface area contributed by atoms with Gasteiger partial charge in [0.1, 0.15) is 25.3 Å². The van der Waals surface area contributed by atoms with Crippen LogP contribution < -0.4 is 19.5 Å². The fourth-order valence-corrected chi connectivity index (χ4v) is 4.93. The summed E-state index contributed by atoms with van der Waals surface area (Å²) in [6, 6.07) is 14.0. The Hall–Kier alpha value is -4.42. The minimum absolute atomic E-state index is 0.167. The molecule has 5 rings (SSSR count). The Labute approximate surface area is 238 Å². The van der Waals surface area contributed by atoms with Crippen molar-refractivity contribution in [2.45, 2.75) is 32.3 Å². The number of carbonyl (C=O) groups excluding carboxylic acids is 1. The van der Waals surface area contributed by atoms with Crippen LogP contribution in [0.4, 0.5) is 5.82 Å². The summed E-state index contributed by atoms with van der Waals surface area (Å²) in [7, 11) is 4.74. The van der Waals surface area contributed by atoms with Crippen molar-refractivity contribution in [1.82, 2.24) is 24.4 Å². The molecule has 12 heteroatoms. The molecular weight excluding hydrogens is 528 g/mol. The number of fused-ring (bicyclic) bond motifs is 1. The molecule has 1 aliphatic rings. The molecular formula is C29H34N6O6. The quantitative estimate of drug-likeness (QED) is 0.271. The van der Waals surface area contributed by atoms with Gasteiger partial charge in [-0.25, -0.2) is 15.0 Å². The Morgan fingerprint density at radius 2 is 1.76 bits per heavy atom. The zero-order valence-electron chi connectivity index (χ0n) is 23.6. The minimum atomic E-state index is -0.393. The lowest BCUT2D eigenvalue weighted by Crippen LogP contribution is -2.47. The summed E-state index contributed by atoms with van der Waals surface area (Å²) in [6.45, 7) is 3.97. The van der Waals surface area contributed by atoms with E-state index in [2.05, 4.69) is 37.3 Å². The smallest absolute Gasteiger partial charge is 0.302 e. The normalized spacial score (nSPS) is 17.3. The molecule has 1 saturated heterocycles. The van der Waals surface area contributed by atoms with E-state index < -0.39 is 6.23 Å². The number of nitrogens with zero attached hydrogens (tertiary/aromatic N) is 5. The molecule has 2 aromatic heterocycles. The zero-order valence-corrected chi connectivity index (χ0v) is 23.6. The average molecular weight is 563 g/mol. The van der Waals surface area contributed by atoms with E-state index in [1.54, 1.807) is 27.7 Å². The first-order valence-corrected chi connectivity index (χ1v) is 13.2. The molecule has 0 saturated carbocycles. The van der Waals surface area contributed by atoms with E-state index in [1.165, 1.54) is 18.8 Å². The van der Waals surface area contributed by atoms with Crippen LogP contribution in [0.5, 0.6) is 17.2 Å². The second-order valence-corrected chi connectivity index (χ2v) is 9.63. The third kappa shape index (κ3) is 6.50. The van der Waals surface area contributed by atoms with E-state index in [1.807, 2.05) is 34.9 Å². The van der Waals surface area contributed by atoms with Crippen LogP contribution in [0.3, 0.4) is 0 Å². The third-order valence-corrected chi connectivity index (χ3v) is 6.80. The predicted octanol–water partition coefficient (Wildman–Crippen LogP) is 3.43. The van der Waals surface area contributed by atoms with Gasteiger partial charge in [-0.15, -0.1) is 0 Å². The van der Waals surface area contributed by atoms with Crippen molar-refractivity contribution in [3.63, 3.8) is 0 Å². The van der Waals surface area contributed by atoms with Gasteiger partial charge in [-0.3, -0.25) is 14.3 Å². The lowest BCUT2D eigenvalue weighted by Gasteiger charge is -2.38. The molecule has 3 heterocycles. The van der Waals surface area contributed by atoms with Gasteiger partial charge in [0.15, 0.2) is 28.5 Å². The first kappa shape index (κ1) is 28.1. The molecule has 4 aromatic rings. The number of nitrogens with one attached hydrogen (secondary N) is 1. The van der Waals surface area contributed by atoms with Gasteiger partial charge >= 0.3 is 5.97 Å². The maximum atomic E-state index is 11.5. The minimum Gasteiger partial charge on any atom is -0.493 e. The summed E-state index contributed by atoms with van der Waals surface area (Å²) in [5.74, 6) is 1.91. The number of hydrogen-bond acceptors (Lipinski definition) is 11. The number of methoxy groups -OCH3 is 3. The van der Waals surface area contributed by atoms with Crippen molar-refractivity contribution in [3.8, 4) is 17.2 Å².